The molecule has 1 heterocycles. The number of rotatable bonds is 6. The second kappa shape index (κ2) is 8.05. The first-order valence-corrected chi connectivity index (χ1v) is 11.5. The maximum atomic E-state index is 9.68. The summed E-state index contributed by atoms with van der Waals surface area (Å²) < 4.78 is 6.97. The molecule has 1 aliphatic heterocycles. The van der Waals surface area contributed by atoms with Gasteiger partial charge in [-0.3, -0.25) is 0 Å². The van der Waals surface area contributed by atoms with Gasteiger partial charge in [0.25, 0.3) is 8.32 Å². The Hall–Kier alpha value is -1.46. The Bertz CT molecular complexity index is 645. The van der Waals surface area contributed by atoms with Crippen molar-refractivity contribution in [2.75, 3.05) is 26.3 Å². The van der Waals surface area contributed by atoms with Gasteiger partial charge >= 0.3 is 0 Å². The predicted octanol–water partition coefficient (Wildman–Crippen LogP) is 2.39. The minimum absolute atomic E-state index is 0.00352. The van der Waals surface area contributed by atoms with Crippen LogP contribution in [0.2, 0.25) is 5.04 Å². The highest BCUT2D eigenvalue weighted by Crippen LogP contribution is 2.37. The van der Waals surface area contributed by atoms with Crippen molar-refractivity contribution < 1.29 is 9.53 Å². The Morgan fingerprint density at radius 2 is 1.42 bits per heavy atom. The summed E-state index contributed by atoms with van der Waals surface area (Å²) in [6.45, 7) is 9.61. The summed E-state index contributed by atoms with van der Waals surface area (Å²) >= 11 is 0. The van der Waals surface area contributed by atoms with E-state index in [1.807, 2.05) is 0 Å². The molecular weight excluding hydrogens is 338 g/mol. The summed E-state index contributed by atoms with van der Waals surface area (Å²) in [5.41, 5.74) is 0. The summed E-state index contributed by atoms with van der Waals surface area (Å²) in [5, 5.41) is 15.7. The van der Waals surface area contributed by atoms with Crippen LogP contribution in [-0.2, 0) is 4.43 Å². The van der Waals surface area contributed by atoms with Crippen LogP contribution >= 0.6 is 0 Å². The minimum atomic E-state index is -2.47. The van der Waals surface area contributed by atoms with E-state index in [4.69, 9.17) is 4.43 Å². The molecule has 3 rings (SSSR count). The highest BCUT2D eigenvalue weighted by Gasteiger charge is 2.50. The van der Waals surface area contributed by atoms with Gasteiger partial charge in [-0.1, -0.05) is 81.4 Å². The largest absolute Gasteiger partial charge is 0.407 e. The van der Waals surface area contributed by atoms with E-state index in [9.17, 15) is 5.11 Å². The monoisotopic (exact) mass is 369 g/mol. The van der Waals surface area contributed by atoms with Gasteiger partial charge in [-0.25, -0.2) is 0 Å². The molecular formula is C22H31NO2Si. The molecule has 26 heavy (non-hydrogen) atoms. The number of hydrogen-bond acceptors (Lipinski definition) is 3. The normalized spacial score (nSPS) is 21.1. The second-order valence-corrected chi connectivity index (χ2v) is 12.6. The molecule has 0 aromatic heterocycles. The third-order valence-corrected chi connectivity index (χ3v) is 10.6. The molecule has 0 aliphatic carbocycles. The van der Waals surface area contributed by atoms with Crippen LogP contribution in [-0.4, -0.2) is 39.7 Å². The summed E-state index contributed by atoms with van der Waals surface area (Å²) in [6, 6.07) is 21.5. The molecule has 0 saturated carbocycles. The van der Waals surface area contributed by atoms with Crippen LogP contribution in [0.15, 0.2) is 60.7 Å². The van der Waals surface area contributed by atoms with E-state index in [2.05, 4.69) is 86.8 Å². The molecule has 3 nitrogen and oxygen atoms in total. The van der Waals surface area contributed by atoms with Crippen molar-refractivity contribution in [3.05, 3.63) is 60.7 Å². The first-order chi connectivity index (χ1) is 12.5. The van der Waals surface area contributed by atoms with Crippen LogP contribution in [0.5, 0.6) is 0 Å². The molecule has 2 aromatic rings. The van der Waals surface area contributed by atoms with Crippen molar-refractivity contribution >= 4 is 18.7 Å². The summed E-state index contributed by atoms with van der Waals surface area (Å²) in [7, 11) is -2.47. The highest BCUT2D eigenvalue weighted by atomic mass is 28.4. The van der Waals surface area contributed by atoms with Crippen molar-refractivity contribution in [1.82, 2.24) is 5.32 Å². The average Bonchev–Trinajstić information content (AvgIpc) is 3.10. The lowest BCUT2D eigenvalue weighted by Gasteiger charge is -2.43. The molecule has 1 fully saturated rings. The van der Waals surface area contributed by atoms with E-state index >= 15 is 0 Å². The first kappa shape index (κ1) is 19.3. The fourth-order valence-corrected chi connectivity index (χ4v) is 8.81. The van der Waals surface area contributed by atoms with Gasteiger partial charge in [-0.15, -0.1) is 0 Å². The fraction of sp³-hybridized carbons (Fsp3) is 0.455. The van der Waals surface area contributed by atoms with Crippen LogP contribution in [0.4, 0.5) is 0 Å². The van der Waals surface area contributed by atoms with E-state index < -0.39 is 8.32 Å². The van der Waals surface area contributed by atoms with Crippen LogP contribution in [0.1, 0.15) is 20.8 Å². The van der Waals surface area contributed by atoms with Crippen molar-refractivity contribution in [3.63, 3.8) is 0 Å². The molecule has 0 bridgehead atoms. The molecule has 0 radical (unpaired) electrons. The van der Waals surface area contributed by atoms with E-state index in [0.29, 0.717) is 12.5 Å². The Kier molecular flexibility index (Phi) is 5.98. The van der Waals surface area contributed by atoms with E-state index in [-0.39, 0.29) is 17.6 Å². The molecule has 2 atom stereocenters. The summed E-state index contributed by atoms with van der Waals surface area (Å²) in [5.74, 6) is 0.648. The zero-order valence-corrected chi connectivity index (χ0v) is 17.1. The predicted molar refractivity (Wildman–Crippen MR) is 111 cm³/mol. The van der Waals surface area contributed by atoms with Gasteiger partial charge in [0.05, 0.1) is 0 Å². The number of benzene rings is 2. The van der Waals surface area contributed by atoms with Gasteiger partial charge < -0.3 is 14.8 Å². The summed E-state index contributed by atoms with van der Waals surface area (Å²) in [6.07, 6.45) is 0. The van der Waals surface area contributed by atoms with Crippen LogP contribution < -0.4 is 15.7 Å². The van der Waals surface area contributed by atoms with Crippen molar-refractivity contribution in [3.8, 4) is 0 Å². The molecule has 2 N–H and O–H groups in total. The van der Waals surface area contributed by atoms with Gasteiger partial charge in [0.1, 0.15) is 0 Å². The molecule has 2 aromatic carbocycles. The van der Waals surface area contributed by atoms with E-state index in [0.717, 1.165) is 13.1 Å². The Labute approximate surface area is 158 Å². The fourth-order valence-electron chi connectivity index (χ4n) is 4.19. The molecule has 0 unspecified atom stereocenters. The smallest absolute Gasteiger partial charge is 0.261 e. The van der Waals surface area contributed by atoms with Crippen LogP contribution in [0.3, 0.4) is 0 Å². The van der Waals surface area contributed by atoms with Gasteiger partial charge in [0.15, 0.2) is 0 Å². The zero-order valence-electron chi connectivity index (χ0n) is 16.1. The standard InChI is InChI=1S/C22H31NO2Si/c1-22(2,3)26(20-10-6-4-7-11-20,21-12-8-5-9-13-21)25-17-19-15-23-14-18(19)16-24/h4-13,18-19,23-24H,14-17H2,1-3H3/t18-,19+/m0/s1. The van der Waals surface area contributed by atoms with Gasteiger partial charge in [-0.05, 0) is 21.3 Å². The first-order valence-electron chi connectivity index (χ1n) is 9.55. The Morgan fingerprint density at radius 1 is 0.923 bits per heavy atom. The number of aliphatic hydroxyl groups excluding tert-OH is 1. The lowest BCUT2D eigenvalue weighted by atomic mass is 9.98. The molecule has 0 spiro atoms. The van der Waals surface area contributed by atoms with Crippen molar-refractivity contribution in [2.45, 2.75) is 25.8 Å². The van der Waals surface area contributed by atoms with Crippen molar-refractivity contribution in [2.24, 2.45) is 11.8 Å². The van der Waals surface area contributed by atoms with Crippen molar-refractivity contribution in [1.29, 1.82) is 0 Å². The second-order valence-electron chi connectivity index (χ2n) is 8.34. The molecule has 1 aliphatic rings. The number of aliphatic hydroxyl groups is 1. The van der Waals surface area contributed by atoms with Crippen LogP contribution in [0, 0.1) is 11.8 Å². The van der Waals surface area contributed by atoms with E-state index in [1.54, 1.807) is 0 Å². The average molecular weight is 370 g/mol. The quantitative estimate of drug-likeness (QED) is 0.768. The molecule has 140 valence electrons. The SMILES string of the molecule is CC(C)(C)[Si](OC[C@H]1CNC[C@H]1CO)(c1ccccc1)c1ccccc1. The van der Waals surface area contributed by atoms with Crippen LogP contribution in [0.25, 0.3) is 0 Å². The topological polar surface area (TPSA) is 41.5 Å². The maximum Gasteiger partial charge on any atom is 0.261 e. The summed E-state index contributed by atoms with van der Waals surface area (Å²) in [4.78, 5) is 0. The third-order valence-electron chi connectivity index (χ3n) is 5.64. The van der Waals surface area contributed by atoms with Gasteiger partial charge in [0, 0.05) is 32.2 Å². The molecule has 4 heteroatoms. The van der Waals surface area contributed by atoms with Gasteiger partial charge in [-0.2, -0.15) is 0 Å². The maximum absolute atomic E-state index is 9.68. The number of nitrogens with one attached hydrogen (secondary N) is 1. The zero-order chi connectivity index (χ0) is 18.6. The number of hydrogen-bond donors (Lipinski definition) is 2. The Morgan fingerprint density at radius 3 is 1.88 bits per heavy atom. The van der Waals surface area contributed by atoms with Gasteiger partial charge in [0.2, 0.25) is 0 Å². The molecule has 1 saturated heterocycles. The lowest BCUT2D eigenvalue weighted by molar-refractivity contribution is 0.158. The van der Waals surface area contributed by atoms with E-state index in [1.165, 1.54) is 10.4 Å². The highest BCUT2D eigenvalue weighted by molar-refractivity contribution is 6.99. The third kappa shape index (κ3) is 3.65. The molecule has 0 amide bonds. The minimum Gasteiger partial charge on any atom is -0.407 e. The lowest BCUT2D eigenvalue weighted by Crippen LogP contribution is -2.67. The Balaban J connectivity index is 2.03.